The molecule has 1 aliphatic carbocycles. The summed E-state index contributed by atoms with van der Waals surface area (Å²) in [5.74, 6) is 1.83. The number of hydrogen-bond acceptors (Lipinski definition) is 2. The van der Waals surface area contributed by atoms with Crippen LogP contribution in [0.3, 0.4) is 0 Å². The highest BCUT2D eigenvalue weighted by Crippen LogP contribution is 2.32. The van der Waals surface area contributed by atoms with Crippen molar-refractivity contribution in [2.75, 3.05) is 0 Å². The van der Waals surface area contributed by atoms with Gasteiger partial charge in [0, 0.05) is 17.5 Å². The van der Waals surface area contributed by atoms with Crippen LogP contribution < -0.4 is 0 Å². The Balaban J connectivity index is 2.25. The second kappa shape index (κ2) is 5.13. The molecule has 0 aromatic carbocycles. The molecule has 0 amide bonds. The van der Waals surface area contributed by atoms with Gasteiger partial charge in [0.1, 0.15) is 11.0 Å². The molecule has 1 fully saturated rings. The van der Waals surface area contributed by atoms with Crippen molar-refractivity contribution >= 4 is 11.6 Å². The predicted octanol–water partition coefficient (Wildman–Crippen LogP) is 4.30. The summed E-state index contributed by atoms with van der Waals surface area (Å²) in [5.41, 5.74) is 1.16. The molecule has 2 rings (SSSR count). The van der Waals surface area contributed by atoms with Gasteiger partial charge in [-0.25, -0.2) is 9.97 Å². The van der Waals surface area contributed by atoms with E-state index in [-0.39, 0.29) is 0 Å². The highest BCUT2D eigenvalue weighted by molar-refractivity contribution is 6.29. The SMILES string of the molecule is CC(C)c1nc(Cl)cc(C2CCCCC2)n1. The van der Waals surface area contributed by atoms with E-state index in [1.54, 1.807) is 0 Å². The molecular formula is C13H19ClN2. The molecule has 1 aromatic rings. The van der Waals surface area contributed by atoms with Crippen molar-refractivity contribution in [2.24, 2.45) is 0 Å². The molecule has 0 saturated heterocycles. The largest absolute Gasteiger partial charge is 0.237 e. The number of hydrogen-bond donors (Lipinski definition) is 0. The summed E-state index contributed by atoms with van der Waals surface area (Å²) in [6, 6.07) is 1.95. The summed E-state index contributed by atoms with van der Waals surface area (Å²) in [6.07, 6.45) is 6.52. The maximum Gasteiger partial charge on any atom is 0.133 e. The smallest absolute Gasteiger partial charge is 0.133 e. The van der Waals surface area contributed by atoms with E-state index in [0.29, 0.717) is 17.0 Å². The van der Waals surface area contributed by atoms with Gasteiger partial charge in [-0.05, 0) is 18.9 Å². The molecule has 1 saturated carbocycles. The third-order valence-corrected chi connectivity index (χ3v) is 3.47. The highest BCUT2D eigenvalue weighted by Gasteiger charge is 2.18. The Hall–Kier alpha value is -0.630. The Morgan fingerprint density at radius 2 is 1.88 bits per heavy atom. The van der Waals surface area contributed by atoms with E-state index in [2.05, 4.69) is 23.8 Å². The van der Waals surface area contributed by atoms with Crippen LogP contribution in [0.15, 0.2) is 6.07 Å². The summed E-state index contributed by atoms with van der Waals surface area (Å²) in [5, 5.41) is 0.597. The zero-order chi connectivity index (χ0) is 11.5. The zero-order valence-electron chi connectivity index (χ0n) is 10.0. The molecular weight excluding hydrogens is 220 g/mol. The lowest BCUT2D eigenvalue weighted by molar-refractivity contribution is 0.434. The second-order valence-electron chi connectivity index (χ2n) is 4.96. The van der Waals surface area contributed by atoms with E-state index >= 15 is 0 Å². The highest BCUT2D eigenvalue weighted by atomic mass is 35.5. The summed E-state index contributed by atoms with van der Waals surface area (Å²) in [7, 11) is 0. The average Bonchev–Trinajstić information content (AvgIpc) is 2.29. The van der Waals surface area contributed by atoms with Crippen LogP contribution in [0.5, 0.6) is 0 Å². The minimum absolute atomic E-state index is 0.348. The fourth-order valence-corrected chi connectivity index (χ4v) is 2.52. The van der Waals surface area contributed by atoms with E-state index in [1.807, 2.05) is 6.07 Å². The molecule has 0 aliphatic heterocycles. The van der Waals surface area contributed by atoms with Gasteiger partial charge >= 0.3 is 0 Å². The molecule has 88 valence electrons. The molecule has 1 aromatic heterocycles. The third kappa shape index (κ3) is 2.73. The van der Waals surface area contributed by atoms with Gasteiger partial charge in [0.15, 0.2) is 0 Å². The molecule has 3 heteroatoms. The Labute approximate surface area is 102 Å². The van der Waals surface area contributed by atoms with Gasteiger partial charge in [0.25, 0.3) is 0 Å². The topological polar surface area (TPSA) is 25.8 Å². The quantitative estimate of drug-likeness (QED) is 0.718. The van der Waals surface area contributed by atoms with E-state index in [0.717, 1.165) is 11.5 Å². The van der Waals surface area contributed by atoms with Crippen LogP contribution in [0.25, 0.3) is 0 Å². The Bertz CT molecular complexity index is 357. The van der Waals surface area contributed by atoms with Crippen LogP contribution >= 0.6 is 11.6 Å². The van der Waals surface area contributed by atoms with E-state index < -0.39 is 0 Å². The van der Waals surface area contributed by atoms with Crippen molar-refractivity contribution in [1.29, 1.82) is 0 Å². The van der Waals surface area contributed by atoms with Gasteiger partial charge in [-0.1, -0.05) is 44.7 Å². The molecule has 0 N–H and O–H groups in total. The zero-order valence-corrected chi connectivity index (χ0v) is 10.8. The van der Waals surface area contributed by atoms with Crippen LogP contribution in [0.1, 0.15) is 69.3 Å². The van der Waals surface area contributed by atoms with Crippen LogP contribution in [-0.4, -0.2) is 9.97 Å². The van der Waals surface area contributed by atoms with Crippen molar-refractivity contribution in [3.05, 3.63) is 22.7 Å². The molecule has 0 unspecified atom stereocenters. The fraction of sp³-hybridized carbons (Fsp3) is 0.692. The molecule has 0 spiro atoms. The summed E-state index contributed by atoms with van der Waals surface area (Å²) in [6.45, 7) is 4.21. The summed E-state index contributed by atoms with van der Waals surface area (Å²) >= 11 is 6.06. The summed E-state index contributed by atoms with van der Waals surface area (Å²) < 4.78 is 0. The van der Waals surface area contributed by atoms with Gasteiger partial charge in [0.05, 0.1) is 0 Å². The van der Waals surface area contributed by atoms with Crippen LogP contribution in [0.2, 0.25) is 5.15 Å². The third-order valence-electron chi connectivity index (χ3n) is 3.27. The van der Waals surface area contributed by atoms with Crippen molar-refractivity contribution in [2.45, 2.75) is 57.8 Å². The first kappa shape index (κ1) is 11.8. The summed E-state index contributed by atoms with van der Waals surface area (Å²) in [4.78, 5) is 8.94. The maximum atomic E-state index is 6.06. The second-order valence-corrected chi connectivity index (χ2v) is 5.35. The number of halogens is 1. The van der Waals surface area contributed by atoms with Gasteiger partial charge in [-0.15, -0.1) is 0 Å². The van der Waals surface area contributed by atoms with Crippen LogP contribution in [-0.2, 0) is 0 Å². The van der Waals surface area contributed by atoms with Gasteiger partial charge < -0.3 is 0 Å². The first-order valence-corrected chi connectivity index (χ1v) is 6.59. The molecule has 0 atom stereocenters. The molecule has 2 nitrogen and oxygen atoms in total. The van der Waals surface area contributed by atoms with Gasteiger partial charge in [0.2, 0.25) is 0 Å². The monoisotopic (exact) mass is 238 g/mol. The minimum Gasteiger partial charge on any atom is -0.237 e. The van der Waals surface area contributed by atoms with Gasteiger partial charge in [-0.2, -0.15) is 0 Å². The Morgan fingerprint density at radius 3 is 2.50 bits per heavy atom. The molecule has 1 heterocycles. The van der Waals surface area contributed by atoms with Crippen molar-refractivity contribution in [1.82, 2.24) is 9.97 Å². The Kier molecular flexibility index (Phi) is 3.80. The molecule has 0 radical (unpaired) electrons. The lowest BCUT2D eigenvalue weighted by atomic mass is 9.87. The predicted molar refractivity (Wildman–Crippen MR) is 67.0 cm³/mol. The van der Waals surface area contributed by atoms with E-state index in [9.17, 15) is 0 Å². The fourth-order valence-electron chi connectivity index (χ4n) is 2.32. The first-order valence-electron chi connectivity index (χ1n) is 6.21. The van der Waals surface area contributed by atoms with E-state index in [4.69, 9.17) is 11.6 Å². The van der Waals surface area contributed by atoms with Gasteiger partial charge in [-0.3, -0.25) is 0 Å². The van der Waals surface area contributed by atoms with Crippen LogP contribution in [0.4, 0.5) is 0 Å². The number of aromatic nitrogens is 2. The lowest BCUT2D eigenvalue weighted by Gasteiger charge is -2.21. The molecule has 0 bridgehead atoms. The molecule has 1 aliphatic rings. The number of rotatable bonds is 2. The molecule has 16 heavy (non-hydrogen) atoms. The maximum absolute atomic E-state index is 6.06. The van der Waals surface area contributed by atoms with Crippen molar-refractivity contribution in [3.8, 4) is 0 Å². The van der Waals surface area contributed by atoms with Crippen molar-refractivity contribution in [3.63, 3.8) is 0 Å². The van der Waals surface area contributed by atoms with Crippen molar-refractivity contribution < 1.29 is 0 Å². The average molecular weight is 239 g/mol. The van der Waals surface area contributed by atoms with Crippen LogP contribution in [0, 0.1) is 0 Å². The Morgan fingerprint density at radius 1 is 1.19 bits per heavy atom. The number of nitrogens with zero attached hydrogens (tertiary/aromatic N) is 2. The van der Waals surface area contributed by atoms with E-state index in [1.165, 1.54) is 32.1 Å². The first-order chi connectivity index (χ1) is 7.66. The standard InChI is InChI=1S/C13H19ClN2/c1-9(2)13-15-11(8-12(14)16-13)10-6-4-3-5-7-10/h8-10H,3-7H2,1-2H3. The normalized spacial score (nSPS) is 18.0. The lowest BCUT2D eigenvalue weighted by Crippen LogP contribution is -2.09. The minimum atomic E-state index is 0.348.